The van der Waals surface area contributed by atoms with Crippen LogP contribution in [0.2, 0.25) is 0 Å². The first kappa shape index (κ1) is 16.4. The van der Waals surface area contributed by atoms with Crippen molar-refractivity contribution < 1.29 is 14.4 Å². The molecule has 3 aromatic carbocycles. The molecule has 4 nitrogen and oxygen atoms in total. The van der Waals surface area contributed by atoms with E-state index in [9.17, 15) is 14.4 Å². The van der Waals surface area contributed by atoms with E-state index >= 15 is 0 Å². The van der Waals surface area contributed by atoms with E-state index in [-0.39, 0.29) is 39.7 Å². The number of rotatable bonds is 2. The summed E-state index contributed by atoms with van der Waals surface area (Å²) in [6.45, 7) is 0. The molecule has 0 heterocycles. The number of ketones is 3. The molecule has 0 aromatic heterocycles. The van der Waals surface area contributed by atoms with E-state index in [2.05, 4.69) is 15.9 Å². The Balaban J connectivity index is 1.96. The molecule has 1 aliphatic rings. The van der Waals surface area contributed by atoms with E-state index in [1.807, 2.05) is 6.07 Å². The van der Waals surface area contributed by atoms with E-state index in [1.165, 1.54) is 6.07 Å². The van der Waals surface area contributed by atoms with Gasteiger partial charge in [0.2, 0.25) is 0 Å². The molecule has 0 unspecified atom stereocenters. The Morgan fingerprint density at radius 3 is 1.96 bits per heavy atom. The molecule has 2 N–H and O–H groups in total. The molecule has 0 amide bonds. The lowest BCUT2D eigenvalue weighted by Crippen LogP contribution is -2.24. The lowest BCUT2D eigenvalue weighted by atomic mass is 9.81. The quantitative estimate of drug-likeness (QED) is 0.403. The van der Waals surface area contributed by atoms with Gasteiger partial charge in [-0.05, 0) is 22.0 Å². The third kappa shape index (κ3) is 2.32. The van der Waals surface area contributed by atoms with Gasteiger partial charge in [0.05, 0.1) is 16.8 Å². The van der Waals surface area contributed by atoms with Gasteiger partial charge in [-0.3, -0.25) is 14.4 Å². The van der Waals surface area contributed by atoms with Crippen LogP contribution in [0.5, 0.6) is 0 Å². The number of carbonyl (C=O) groups is 3. The van der Waals surface area contributed by atoms with Crippen LogP contribution in [0.4, 0.5) is 5.69 Å². The second-order valence-electron chi connectivity index (χ2n) is 5.97. The summed E-state index contributed by atoms with van der Waals surface area (Å²) in [6, 6.07) is 16.8. The molecule has 0 radical (unpaired) electrons. The van der Waals surface area contributed by atoms with Crippen LogP contribution < -0.4 is 5.73 Å². The zero-order valence-electron chi connectivity index (χ0n) is 13.5. The summed E-state index contributed by atoms with van der Waals surface area (Å²) in [6.07, 6.45) is 0. The highest BCUT2D eigenvalue weighted by Gasteiger charge is 2.34. The predicted molar refractivity (Wildman–Crippen MR) is 102 cm³/mol. The number of hydrogen-bond acceptors (Lipinski definition) is 4. The Kier molecular flexibility index (Phi) is 3.81. The summed E-state index contributed by atoms with van der Waals surface area (Å²) >= 11 is 3.35. The predicted octanol–water partition coefficient (Wildman–Crippen LogP) is 4.04. The second-order valence-corrected chi connectivity index (χ2v) is 6.82. The molecule has 0 saturated carbocycles. The van der Waals surface area contributed by atoms with Crippen molar-refractivity contribution in [2.24, 2.45) is 0 Å². The minimum Gasteiger partial charge on any atom is -0.398 e. The van der Waals surface area contributed by atoms with E-state index in [4.69, 9.17) is 5.73 Å². The molecule has 26 heavy (non-hydrogen) atoms. The number of halogens is 1. The molecule has 126 valence electrons. The first-order valence-electron chi connectivity index (χ1n) is 7.91. The molecule has 4 rings (SSSR count). The summed E-state index contributed by atoms with van der Waals surface area (Å²) in [5, 5.41) is 0. The monoisotopic (exact) mass is 405 g/mol. The first-order chi connectivity index (χ1) is 12.5. The summed E-state index contributed by atoms with van der Waals surface area (Å²) < 4.78 is 0.383. The molecule has 0 aliphatic heterocycles. The topological polar surface area (TPSA) is 77.2 Å². The molecule has 3 aromatic rings. The van der Waals surface area contributed by atoms with Crippen molar-refractivity contribution in [2.75, 3.05) is 5.73 Å². The van der Waals surface area contributed by atoms with Crippen molar-refractivity contribution >= 4 is 39.0 Å². The minimum absolute atomic E-state index is 0.0323. The molecule has 0 saturated heterocycles. The van der Waals surface area contributed by atoms with E-state index in [0.29, 0.717) is 21.2 Å². The number of anilines is 1. The zero-order chi connectivity index (χ0) is 18.4. The first-order valence-corrected chi connectivity index (χ1v) is 8.70. The van der Waals surface area contributed by atoms with Crippen molar-refractivity contribution in [3.05, 3.63) is 98.5 Å². The number of nitrogens with two attached hydrogens (primary N) is 1. The van der Waals surface area contributed by atoms with E-state index < -0.39 is 0 Å². The Bertz CT molecular complexity index is 1100. The van der Waals surface area contributed by atoms with Crippen LogP contribution >= 0.6 is 15.9 Å². The number of benzene rings is 3. The van der Waals surface area contributed by atoms with Gasteiger partial charge in [0, 0.05) is 26.7 Å². The van der Waals surface area contributed by atoms with E-state index in [0.717, 1.165) is 0 Å². The van der Waals surface area contributed by atoms with E-state index in [1.54, 1.807) is 48.5 Å². The third-order valence-electron chi connectivity index (χ3n) is 4.47. The van der Waals surface area contributed by atoms with Crippen LogP contribution in [-0.4, -0.2) is 17.3 Å². The fourth-order valence-corrected chi connectivity index (χ4v) is 3.81. The van der Waals surface area contributed by atoms with Gasteiger partial charge in [-0.2, -0.15) is 0 Å². The van der Waals surface area contributed by atoms with Crippen LogP contribution in [0.25, 0.3) is 0 Å². The molecule has 0 atom stereocenters. The second kappa shape index (κ2) is 6.04. The number of carbonyl (C=O) groups excluding carboxylic acids is 3. The average molecular weight is 406 g/mol. The van der Waals surface area contributed by atoms with Crippen molar-refractivity contribution in [3.63, 3.8) is 0 Å². The number of fused-ring (bicyclic) bond motifs is 2. The standard InChI is InChI=1S/C21H12BrNO3/c22-15-10-14(19(24)11-6-2-1-3-7-11)18(23)17-16(15)20(25)12-8-4-5-9-13(12)21(17)26/h1-10H,23H2. The Morgan fingerprint density at radius 1 is 0.808 bits per heavy atom. The minimum atomic E-state index is -0.351. The van der Waals surface area contributed by atoms with Crippen LogP contribution in [0, 0.1) is 0 Å². The summed E-state index contributed by atoms with van der Waals surface area (Å²) in [5.74, 6) is -0.936. The van der Waals surface area contributed by atoms with Gasteiger partial charge in [0.15, 0.2) is 17.3 Å². The summed E-state index contributed by atoms with van der Waals surface area (Å²) in [7, 11) is 0. The van der Waals surface area contributed by atoms with Crippen LogP contribution in [0.15, 0.2) is 65.1 Å². The molecular formula is C21H12BrNO3. The summed E-state index contributed by atoms with van der Waals surface area (Å²) in [5.41, 5.74) is 7.82. The van der Waals surface area contributed by atoms with Crippen molar-refractivity contribution in [2.45, 2.75) is 0 Å². The fraction of sp³-hybridized carbons (Fsp3) is 0. The number of hydrogen-bond donors (Lipinski definition) is 1. The van der Waals surface area contributed by atoms with Crippen LogP contribution in [0.1, 0.15) is 47.8 Å². The maximum Gasteiger partial charge on any atom is 0.196 e. The van der Waals surface area contributed by atoms with Crippen molar-refractivity contribution in [1.82, 2.24) is 0 Å². The Morgan fingerprint density at radius 2 is 1.35 bits per heavy atom. The maximum absolute atomic E-state index is 13.0. The molecule has 5 heteroatoms. The normalized spacial score (nSPS) is 12.5. The van der Waals surface area contributed by atoms with Gasteiger partial charge >= 0.3 is 0 Å². The smallest absolute Gasteiger partial charge is 0.196 e. The van der Waals surface area contributed by atoms with Gasteiger partial charge < -0.3 is 5.73 Å². The Hall–Kier alpha value is -3.05. The molecule has 1 aliphatic carbocycles. The van der Waals surface area contributed by atoms with Crippen molar-refractivity contribution in [3.8, 4) is 0 Å². The average Bonchev–Trinajstić information content (AvgIpc) is 2.67. The molecular weight excluding hydrogens is 394 g/mol. The van der Waals surface area contributed by atoms with Gasteiger partial charge in [0.25, 0.3) is 0 Å². The fourth-order valence-electron chi connectivity index (χ4n) is 3.20. The lowest BCUT2D eigenvalue weighted by molar-refractivity contribution is 0.0978. The van der Waals surface area contributed by atoms with Gasteiger partial charge in [-0.25, -0.2) is 0 Å². The van der Waals surface area contributed by atoms with Crippen LogP contribution in [0.3, 0.4) is 0 Å². The maximum atomic E-state index is 13.0. The highest BCUT2D eigenvalue weighted by molar-refractivity contribution is 9.10. The van der Waals surface area contributed by atoms with Gasteiger partial charge in [-0.1, -0.05) is 54.6 Å². The SMILES string of the molecule is Nc1c(C(=O)c2ccccc2)cc(Br)c2c1C(=O)c1ccccc1C2=O. The third-order valence-corrected chi connectivity index (χ3v) is 5.10. The largest absolute Gasteiger partial charge is 0.398 e. The van der Waals surface area contributed by atoms with Crippen molar-refractivity contribution in [1.29, 1.82) is 0 Å². The van der Waals surface area contributed by atoms with Crippen LogP contribution in [-0.2, 0) is 0 Å². The number of nitrogen functional groups attached to an aromatic ring is 1. The van der Waals surface area contributed by atoms with Gasteiger partial charge in [-0.15, -0.1) is 0 Å². The highest BCUT2D eigenvalue weighted by Crippen LogP contribution is 2.37. The highest BCUT2D eigenvalue weighted by atomic mass is 79.9. The lowest BCUT2D eigenvalue weighted by Gasteiger charge is -2.21. The zero-order valence-corrected chi connectivity index (χ0v) is 15.0. The summed E-state index contributed by atoms with van der Waals surface area (Å²) in [4.78, 5) is 38.7. The van der Waals surface area contributed by atoms with Gasteiger partial charge in [0.1, 0.15) is 0 Å². The Labute approximate surface area is 157 Å². The molecule has 0 spiro atoms. The molecule has 0 fully saturated rings. The molecule has 0 bridgehead atoms.